The first-order valence-corrected chi connectivity index (χ1v) is 10.1. The van der Waals surface area contributed by atoms with Gasteiger partial charge < -0.3 is 4.57 Å². The van der Waals surface area contributed by atoms with E-state index >= 15 is 0 Å². The van der Waals surface area contributed by atoms with Crippen molar-refractivity contribution in [3.8, 4) is 11.4 Å². The molecule has 1 aromatic heterocycles. The van der Waals surface area contributed by atoms with E-state index in [1.54, 1.807) is 42.8 Å². The second-order valence-corrected chi connectivity index (χ2v) is 7.44. The lowest BCUT2D eigenvalue weighted by Crippen LogP contribution is -2.21. The van der Waals surface area contributed by atoms with E-state index in [2.05, 4.69) is 20.7 Å². The maximum atomic E-state index is 12.1. The SMILES string of the molecule is C/C(=N\NC(=O)CSc1nnc(-c2cccc([N+](=O)[O-])c2)n1C)c1ccc([N+](=O)[O-])cc1. The van der Waals surface area contributed by atoms with Crippen LogP contribution in [-0.2, 0) is 11.8 Å². The van der Waals surface area contributed by atoms with Crippen LogP contribution < -0.4 is 5.43 Å². The molecule has 0 radical (unpaired) electrons. The number of rotatable bonds is 8. The molecule has 1 heterocycles. The highest BCUT2D eigenvalue weighted by Crippen LogP contribution is 2.25. The van der Waals surface area contributed by atoms with Crippen molar-refractivity contribution in [2.24, 2.45) is 12.1 Å². The lowest BCUT2D eigenvalue weighted by Gasteiger charge is -2.04. The normalized spacial score (nSPS) is 11.2. The highest BCUT2D eigenvalue weighted by atomic mass is 32.2. The third kappa shape index (κ3) is 5.31. The second-order valence-electron chi connectivity index (χ2n) is 6.50. The fourth-order valence-corrected chi connectivity index (χ4v) is 3.35. The quantitative estimate of drug-likeness (QED) is 0.235. The summed E-state index contributed by atoms with van der Waals surface area (Å²) in [6.45, 7) is 1.67. The molecular formula is C19H17N7O5S. The van der Waals surface area contributed by atoms with Crippen LogP contribution >= 0.6 is 11.8 Å². The van der Waals surface area contributed by atoms with E-state index < -0.39 is 9.85 Å². The number of carbonyl (C=O) groups excluding carboxylic acids is 1. The van der Waals surface area contributed by atoms with Crippen molar-refractivity contribution >= 4 is 34.8 Å². The summed E-state index contributed by atoms with van der Waals surface area (Å²) in [4.78, 5) is 32.8. The van der Waals surface area contributed by atoms with Gasteiger partial charge in [0.25, 0.3) is 17.3 Å². The second kappa shape index (κ2) is 9.78. The highest BCUT2D eigenvalue weighted by molar-refractivity contribution is 7.99. The van der Waals surface area contributed by atoms with E-state index in [9.17, 15) is 25.0 Å². The lowest BCUT2D eigenvalue weighted by atomic mass is 10.1. The highest BCUT2D eigenvalue weighted by Gasteiger charge is 2.15. The molecule has 3 rings (SSSR count). The van der Waals surface area contributed by atoms with Crippen molar-refractivity contribution in [1.82, 2.24) is 20.2 Å². The molecule has 0 unspecified atom stereocenters. The van der Waals surface area contributed by atoms with Crippen LogP contribution in [-0.4, -0.2) is 42.0 Å². The van der Waals surface area contributed by atoms with Crippen molar-refractivity contribution in [2.45, 2.75) is 12.1 Å². The first-order valence-electron chi connectivity index (χ1n) is 9.11. The molecule has 0 fully saturated rings. The van der Waals surface area contributed by atoms with Gasteiger partial charge in [-0.15, -0.1) is 10.2 Å². The number of nitrogens with one attached hydrogen (secondary N) is 1. The smallest absolute Gasteiger partial charge is 0.270 e. The van der Waals surface area contributed by atoms with Crippen LogP contribution in [0.3, 0.4) is 0 Å². The number of hydrazone groups is 1. The van der Waals surface area contributed by atoms with Crippen molar-refractivity contribution < 1.29 is 14.6 Å². The van der Waals surface area contributed by atoms with E-state index in [4.69, 9.17) is 0 Å². The van der Waals surface area contributed by atoms with Crippen LogP contribution in [0.4, 0.5) is 11.4 Å². The molecule has 0 aliphatic rings. The number of amides is 1. The fourth-order valence-electron chi connectivity index (χ4n) is 2.65. The van der Waals surface area contributed by atoms with Crippen molar-refractivity contribution in [3.63, 3.8) is 0 Å². The molecule has 12 nitrogen and oxygen atoms in total. The molecule has 3 aromatic rings. The number of carbonyl (C=O) groups is 1. The van der Waals surface area contributed by atoms with Crippen LogP contribution in [0, 0.1) is 20.2 Å². The number of thioether (sulfide) groups is 1. The molecule has 2 aromatic carbocycles. The zero-order chi connectivity index (χ0) is 23.3. The Morgan fingerprint density at radius 2 is 1.78 bits per heavy atom. The Labute approximate surface area is 185 Å². The predicted octanol–water partition coefficient (Wildman–Crippen LogP) is 2.93. The minimum absolute atomic E-state index is 0.0119. The molecular weight excluding hydrogens is 438 g/mol. The summed E-state index contributed by atoms with van der Waals surface area (Å²) in [6.07, 6.45) is 0. The third-order valence-electron chi connectivity index (χ3n) is 4.33. The van der Waals surface area contributed by atoms with Gasteiger partial charge in [-0.1, -0.05) is 23.9 Å². The Balaban J connectivity index is 1.60. The largest absolute Gasteiger partial charge is 0.305 e. The number of nitrogens with zero attached hydrogens (tertiary/aromatic N) is 6. The number of aromatic nitrogens is 3. The molecule has 0 aliphatic heterocycles. The molecule has 164 valence electrons. The van der Waals surface area contributed by atoms with E-state index in [1.807, 2.05) is 0 Å². The van der Waals surface area contributed by atoms with E-state index in [0.29, 0.717) is 27.8 Å². The van der Waals surface area contributed by atoms with Crippen molar-refractivity contribution in [3.05, 3.63) is 74.3 Å². The maximum Gasteiger partial charge on any atom is 0.270 e. The molecule has 0 saturated heterocycles. The van der Waals surface area contributed by atoms with Gasteiger partial charge >= 0.3 is 0 Å². The summed E-state index contributed by atoms with van der Waals surface area (Å²) in [7, 11) is 1.70. The molecule has 0 atom stereocenters. The van der Waals surface area contributed by atoms with Gasteiger partial charge in [0, 0.05) is 36.9 Å². The first kappa shape index (κ1) is 22.6. The van der Waals surface area contributed by atoms with E-state index in [-0.39, 0.29) is 23.0 Å². The standard InChI is InChI=1S/C19H17N7O5S/c1-12(13-6-8-15(9-7-13)25(28)29)20-21-17(27)11-32-19-23-22-18(24(19)2)14-4-3-5-16(10-14)26(30)31/h3-10H,11H2,1-2H3,(H,21,27)/b20-12+. The van der Waals surface area contributed by atoms with Crippen LogP contribution in [0.2, 0.25) is 0 Å². The molecule has 0 saturated carbocycles. The number of nitro groups is 2. The third-order valence-corrected chi connectivity index (χ3v) is 5.35. The number of hydrogen-bond acceptors (Lipinski definition) is 9. The minimum Gasteiger partial charge on any atom is -0.305 e. The monoisotopic (exact) mass is 455 g/mol. The Hall–Kier alpha value is -4.13. The summed E-state index contributed by atoms with van der Waals surface area (Å²) >= 11 is 1.13. The zero-order valence-electron chi connectivity index (χ0n) is 17.0. The summed E-state index contributed by atoms with van der Waals surface area (Å²) in [5, 5.41) is 34.2. The molecule has 13 heteroatoms. The molecule has 32 heavy (non-hydrogen) atoms. The van der Waals surface area contributed by atoms with Gasteiger partial charge in [-0.2, -0.15) is 5.10 Å². The Morgan fingerprint density at radius 1 is 1.09 bits per heavy atom. The topological polar surface area (TPSA) is 158 Å². The van der Waals surface area contributed by atoms with Crippen LogP contribution in [0.1, 0.15) is 12.5 Å². The van der Waals surface area contributed by atoms with Crippen LogP contribution in [0.15, 0.2) is 58.8 Å². The minimum atomic E-state index is -0.494. The zero-order valence-corrected chi connectivity index (χ0v) is 17.8. The Morgan fingerprint density at radius 3 is 2.44 bits per heavy atom. The Bertz CT molecular complexity index is 1210. The summed E-state index contributed by atoms with van der Waals surface area (Å²) < 4.78 is 1.64. The Kier molecular flexibility index (Phi) is 6.90. The van der Waals surface area contributed by atoms with Crippen LogP contribution in [0.25, 0.3) is 11.4 Å². The first-order chi connectivity index (χ1) is 15.3. The average Bonchev–Trinajstić information content (AvgIpc) is 3.16. The average molecular weight is 455 g/mol. The molecule has 1 N–H and O–H groups in total. The van der Waals surface area contributed by atoms with Gasteiger partial charge in [0.15, 0.2) is 11.0 Å². The van der Waals surface area contributed by atoms with Gasteiger partial charge in [0.2, 0.25) is 0 Å². The maximum absolute atomic E-state index is 12.1. The summed E-state index contributed by atoms with van der Waals surface area (Å²) in [6, 6.07) is 11.9. The number of benzene rings is 2. The fraction of sp³-hybridized carbons (Fsp3) is 0.158. The molecule has 0 aliphatic carbocycles. The van der Waals surface area contributed by atoms with Gasteiger partial charge in [-0.3, -0.25) is 25.0 Å². The summed E-state index contributed by atoms with van der Waals surface area (Å²) in [5.41, 5.74) is 4.00. The molecule has 0 bridgehead atoms. The number of non-ortho nitro benzene ring substituents is 2. The number of hydrogen-bond donors (Lipinski definition) is 1. The van der Waals surface area contributed by atoms with Gasteiger partial charge in [0.05, 0.1) is 21.3 Å². The molecule has 0 spiro atoms. The molecule has 1 amide bonds. The lowest BCUT2D eigenvalue weighted by molar-refractivity contribution is -0.385. The number of nitro benzene ring substituents is 2. The van der Waals surface area contributed by atoms with Gasteiger partial charge in [-0.05, 0) is 24.6 Å². The predicted molar refractivity (Wildman–Crippen MR) is 117 cm³/mol. The van der Waals surface area contributed by atoms with Crippen molar-refractivity contribution in [2.75, 3.05) is 5.75 Å². The van der Waals surface area contributed by atoms with Gasteiger partial charge in [0.1, 0.15) is 0 Å². The van der Waals surface area contributed by atoms with Crippen molar-refractivity contribution in [1.29, 1.82) is 0 Å². The van der Waals surface area contributed by atoms with Crippen LogP contribution in [0.5, 0.6) is 0 Å². The van der Waals surface area contributed by atoms with E-state index in [1.165, 1.54) is 24.3 Å². The van der Waals surface area contributed by atoms with E-state index in [0.717, 1.165) is 11.8 Å². The van der Waals surface area contributed by atoms with Gasteiger partial charge in [-0.25, -0.2) is 5.43 Å². The summed E-state index contributed by atoms with van der Waals surface area (Å²) in [5.74, 6) is 0.0672.